The Morgan fingerprint density at radius 2 is 1.34 bits per heavy atom. The fourth-order valence-electron chi connectivity index (χ4n) is 3.34. The predicted octanol–water partition coefficient (Wildman–Crippen LogP) is 4.53. The van der Waals surface area contributed by atoms with Crippen LogP contribution in [0.4, 0.5) is 0 Å². The van der Waals surface area contributed by atoms with Crippen LogP contribution in [0.15, 0.2) is 77.7 Å². The van der Waals surface area contributed by atoms with Crippen molar-refractivity contribution in [2.45, 2.75) is 30.2 Å². The van der Waals surface area contributed by atoms with Gasteiger partial charge >= 0.3 is 5.97 Å². The van der Waals surface area contributed by atoms with Gasteiger partial charge in [-0.25, -0.2) is 8.42 Å². The Balaban J connectivity index is 1.53. The van der Waals surface area contributed by atoms with E-state index in [1.54, 1.807) is 48.5 Å². The third kappa shape index (κ3) is 8.07. The Morgan fingerprint density at radius 3 is 1.89 bits per heavy atom. The van der Waals surface area contributed by atoms with Gasteiger partial charge in [-0.2, -0.15) is 4.72 Å². The molecule has 1 unspecified atom stereocenters. The quantitative estimate of drug-likeness (QED) is 0.313. The number of carboxylic acid groups (broad SMARTS) is 1. The lowest BCUT2D eigenvalue weighted by atomic mass is 10.1. The molecule has 0 aliphatic carbocycles. The molecule has 0 radical (unpaired) electrons. The highest BCUT2D eigenvalue weighted by molar-refractivity contribution is 7.89. The lowest BCUT2D eigenvalue weighted by Gasteiger charge is -2.15. The van der Waals surface area contributed by atoms with Crippen LogP contribution in [0.3, 0.4) is 0 Å². The maximum atomic E-state index is 12.7. The van der Waals surface area contributed by atoms with Crippen molar-refractivity contribution in [1.82, 2.24) is 10.0 Å². The van der Waals surface area contributed by atoms with Crippen molar-refractivity contribution in [2.24, 2.45) is 0 Å². The largest absolute Gasteiger partial charge is 0.480 e. The molecule has 1 amide bonds. The van der Waals surface area contributed by atoms with Gasteiger partial charge in [-0.05, 0) is 65.9 Å². The molecule has 0 saturated carbocycles. The van der Waals surface area contributed by atoms with Crippen LogP contribution < -0.4 is 10.0 Å². The molecule has 0 bridgehead atoms. The van der Waals surface area contributed by atoms with E-state index in [4.69, 9.17) is 23.2 Å². The Kier molecular flexibility index (Phi) is 9.28. The van der Waals surface area contributed by atoms with E-state index in [0.717, 1.165) is 16.7 Å². The normalized spacial score (nSPS) is 12.2. The Morgan fingerprint density at radius 1 is 0.829 bits per heavy atom. The number of nitrogens with one attached hydrogen (secondary N) is 2. The number of rotatable bonds is 11. The van der Waals surface area contributed by atoms with Crippen LogP contribution in [-0.4, -0.2) is 38.0 Å². The summed E-state index contributed by atoms with van der Waals surface area (Å²) in [5, 5.41) is 13.4. The molecule has 3 aromatic carbocycles. The van der Waals surface area contributed by atoms with Gasteiger partial charge in [-0.3, -0.25) is 9.59 Å². The van der Waals surface area contributed by atoms with Gasteiger partial charge in [0.05, 0.1) is 11.3 Å². The Bertz CT molecular complexity index is 1260. The summed E-state index contributed by atoms with van der Waals surface area (Å²) in [4.78, 5) is 23.7. The lowest BCUT2D eigenvalue weighted by Crippen LogP contribution is -2.41. The topological polar surface area (TPSA) is 113 Å². The molecule has 0 spiro atoms. The average Bonchev–Trinajstić information content (AvgIpc) is 2.83. The molecule has 0 saturated heterocycles. The van der Waals surface area contributed by atoms with E-state index in [9.17, 15) is 23.1 Å². The zero-order valence-electron chi connectivity index (χ0n) is 18.6. The van der Waals surface area contributed by atoms with E-state index in [0.29, 0.717) is 10.0 Å². The second kappa shape index (κ2) is 12.2. The molecule has 0 heterocycles. The summed E-state index contributed by atoms with van der Waals surface area (Å²) >= 11 is 11.7. The predicted molar refractivity (Wildman–Crippen MR) is 136 cm³/mol. The number of carbonyl (C=O) groups excluding carboxylic acids is 1. The van der Waals surface area contributed by atoms with Crippen molar-refractivity contribution in [3.05, 3.63) is 88.4 Å². The number of benzene rings is 3. The Hall–Kier alpha value is -2.91. The van der Waals surface area contributed by atoms with Crippen LogP contribution in [0.5, 0.6) is 0 Å². The van der Waals surface area contributed by atoms with Gasteiger partial charge in [0.2, 0.25) is 15.9 Å². The molecule has 1 atom stereocenters. The number of carbonyl (C=O) groups is 2. The fraction of sp³-hybridized carbons (Fsp3) is 0.200. The molecule has 0 aliphatic heterocycles. The average molecular weight is 535 g/mol. The SMILES string of the molecule is O=C(Cc1ccc(Cl)cc1)NCCCC(NS(=O)(=O)c1ccc(-c2ccc(Cl)cc2)cc1)C(=O)O. The first-order valence-electron chi connectivity index (χ1n) is 10.8. The molecule has 0 aromatic heterocycles. The van der Waals surface area contributed by atoms with Gasteiger partial charge < -0.3 is 10.4 Å². The monoisotopic (exact) mass is 534 g/mol. The van der Waals surface area contributed by atoms with E-state index in [1.165, 1.54) is 12.1 Å². The van der Waals surface area contributed by atoms with Crippen LogP contribution in [-0.2, 0) is 26.0 Å². The first-order valence-corrected chi connectivity index (χ1v) is 13.0. The van der Waals surface area contributed by atoms with Crippen LogP contribution in [0.1, 0.15) is 18.4 Å². The summed E-state index contributed by atoms with van der Waals surface area (Å²) in [5.41, 5.74) is 2.46. The maximum Gasteiger partial charge on any atom is 0.321 e. The molecule has 3 N–H and O–H groups in total. The van der Waals surface area contributed by atoms with Crippen molar-refractivity contribution in [3.8, 4) is 11.1 Å². The number of aliphatic carboxylic acids is 1. The van der Waals surface area contributed by atoms with Crippen molar-refractivity contribution < 1.29 is 23.1 Å². The summed E-state index contributed by atoms with van der Waals surface area (Å²) < 4.78 is 27.7. The van der Waals surface area contributed by atoms with Gasteiger partial charge in [0.15, 0.2) is 0 Å². The molecule has 10 heteroatoms. The summed E-state index contributed by atoms with van der Waals surface area (Å²) in [6.45, 7) is 0.216. The first-order chi connectivity index (χ1) is 16.6. The fourth-order valence-corrected chi connectivity index (χ4v) is 4.82. The highest BCUT2D eigenvalue weighted by Gasteiger charge is 2.25. The van der Waals surface area contributed by atoms with Crippen LogP contribution in [0.25, 0.3) is 11.1 Å². The Labute approximate surface area is 214 Å². The zero-order chi connectivity index (χ0) is 25.4. The number of carboxylic acids is 1. The molecule has 184 valence electrons. The van der Waals surface area contributed by atoms with Gasteiger partial charge in [-0.15, -0.1) is 0 Å². The van der Waals surface area contributed by atoms with Crippen molar-refractivity contribution in [3.63, 3.8) is 0 Å². The molecule has 0 aliphatic rings. The van der Waals surface area contributed by atoms with E-state index < -0.39 is 22.0 Å². The highest BCUT2D eigenvalue weighted by atomic mass is 35.5. The summed E-state index contributed by atoms with van der Waals surface area (Å²) in [5.74, 6) is -1.51. The van der Waals surface area contributed by atoms with E-state index in [1.807, 2.05) is 12.1 Å². The van der Waals surface area contributed by atoms with Crippen LogP contribution >= 0.6 is 23.2 Å². The summed E-state index contributed by atoms with van der Waals surface area (Å²) in [6, 6.07) is 18.8. The van der Waals surface area contributed by atoms with Crippen molar-refractivity contribution >= 4 is 45.1 Å². The zero-order valence-corrected chi connectivity index (χ0v) is 20.9. The number of halogens is 2. The minimum atomic E-state index is -4.06. The van der Waals surface area contributed by atoms with E-state index >= 15 is 0 Å². The number of hydrogen-bond acceptors (Lipinski definition) is 4. The standard InChI is InChI=1S/C25H24Cl2N2O5S/c26-20-9-3-17(4-10-20)16-24(30)28-15-1-2-23(25(31)32)29-35(33,34)22-13-7-19(8-14-22)18-5-11-21(27)12-6-18/h3-14,23,29H,1-2,15-16H2,(H,28,30)(H,31,32). The van der Waals surface area contributed by atoms with Crippen molar-refractivity contribution in [1.29, 1.82) is 0 Å². The molecular weight excluding hydrogens is 511 g/mol. The molecule has 35 heavy (non-hydrogen) atoms. The first kappa shape index (κ1) is 26.7. The van der Waals surface area contributed by atoms with Gasteiger partial charge in [0, 0.05) is 16.6 Å². The third-order valence-corrected chi connectivity index (χ3v) is 7.20. The minimum Gasteiger partial charge on any atom is -0.480 e. The smallest absolute Gasteiger partial charge is 0.321 e. The van der Waals surface area contributed by atoms with E-state index in [2.05, 4.69) is 10.0 Å². The van der Waals surface area contributed by atoms with Crippen molar-refractivity contribution in [2.75, 3.05) is 6.54 Å². The number of amides is 1. The van der Waals surface area contributed by atoms with E-state index in [-0.39, 0.29) is 36.6 Å². The molecule has 7 nitrogen and oxygen atoms in total. The molecule has 3 aromatic rings. The summed E-state index contributed by atoms with van der Waals surface area (Å²) in [6.07, 6.45) is 0.457. The maximum absolute atomic E-state index is 12.7. The third-order valence-electron chi connectivity index (χ3n) is 5.21. The molecular formula is C25H24Cl2N2O5S. The lowest BCUT2D eigenvalue weighted by molar-refractivity contribution is -0.139. The summed E-state index contributed by atoms with van der Waals surface area (Å²) in [7, 11) is -4.06. The van der Waals surface area contributed by atoms with Gasteiger partial charge in [0.1, 0.15) is 6.04 Å². The molecule has 3 rings (SSSR count). The molecule has 0 fully saturated rings. The highest BCUT2D eigenvalue weighted by Crippen LogP contribution is 2.23. The van der Waals surface area contributed by atoms with Crippen LogP contribution in [0.2, 0.25) is 10.0 Å². The van der Waals surface area contributed by atoms with Gasteiger partial charge in [0.25, 0.3) is 0 Å². The van der Waals surface area contributed by atoms with Crippen LogP contribution in [0, 0.1) is 0 Å². The number of sulfonamides is 1. The number of hydrogen-bond donors (Lipinski definition) is 3. The minimum absolute atomic E-state index is 0.0125. The second-order valence-electron chi connectivity index (χ2n) is 7.84. The second-order valence-corrected chi connectivity index (χ2v) is 10.4. The van der Waals surface area contributed by atoms with Gasteiger partial charge in [-0.1, -0.05) is 59.6 Å².